The van der Waals surface area contributed by atoms with E-state index in [1.165, 1.54) is 5.56 Å². The van der Waals surface area contributed by atoms with Gasteiger partial charge in [0.2, 0.25) is 5.91 Å². The lowest BCUT2D eigenvalue weighted by Crippen LogP contribution is -2.48. The third kappa shape index (κ3) is 4.68. The Morgan fingerprint density at radius 2 is 1.58 bits per heavy atom. The molecular weight excluding hydrogens is 432 g/mol. The van der Waals surface area contributed by atoms with Crippen LogP contribution in [-0.2, 0) is 17.8 Å². The Balaban J connectivity index is 1.50. The van der Waals surface area contributed by atoms with E-state index in [4.69, 9.17) is 0 Å². The van der Waals surface area contributed by atoms with E-state index in [2.05, 4.69) is 55.0 Å². The van der Waals surface area contributed by atoms with E-state index in [0.717, 1.165) is 47.2 Å². The van der Waals surface area contributed by atoms with E-state index in [-0.39, 0.29) is 5.91 Å². The van der Waals surface area contributed by atoms with Crippen LogP contribution in [0.1, 0.15) is 11.1 Å². The van der Waals surface area contributed by atoms with E-state index < -0.39 is 0 Å². The van der Waals surface area contributed by atoms with E-state index in [1.807, 2.05) is 35.2 Å². The monoisotopic (exact) mass is 450 g/mol. The van der Waals surface area contributed by atoms with Crippen LogP contribution in [-0.4, -0.2) is 41.9 Å². The highest BCUT2D eigenvalue weighted by Gasteiger charge is 2.21. The number of carbonyl (C=O) groups excluding carboxylic acids is 1. The van der Waals surface area contributed by atoms with Crippen LogP contribution in [0.15, 0.2) is 57.5 Å². The number of carbonyl (C=O) groups is 1. The molecule has 3 rings (SSSR count). The largest absolute Gasteiger partial charge is 0.340 e. The summed E-state index contributed by atoms with van der Waals surface area (Å²) in [6.07, 6.45) is 0.500. The molecule has 0 saturated carbocycles. The lowest BCUT2D eigenvalue weighted by atomic mass is 10.1. The summed E-state index contributed by atoms with van der Waals surface area (Å²) in [5.41, 5.74) is 2.37. The van der Waals surface area contributed by atoms with E-state index in [0.29, 0.717) is 6.42 Å². The summed E-state index contributed by atoms with van der Waals surface area (Å²) in [5, 5.41) is 0. The molecule has 0 spiro atoms. The first kappa shape index (κ1) is 17.6. The smallest absolute Gasteiger partial charge is 0.227 e. The first-order chi connectivity index (χ1) is 11.6. The average molecular weight is 452 g/mol. The Morgan fingerprint density at radius 1 is 0.875 bits per heavy atom. The first-order valence-corrected chi connectivity index (χ1v) is 9.68. The van der Waals surface area contributed by atoms with Crippen LogP contribution < -0.4 is 0 Å². The lowest BCUT2D eigenvalue weighted by Gasteiger charge is -2.35. The molecule has 0 N–H and O–H groups in total. The maximum Gasteiger partial charge on any atom is 0.227 e. The quantitative estimate of drug-likeness (QED) is 0.698. The normalized spacial score (nSPS) is 15.5. The van der Waals surface area contributed by atoms with Crippen LogP contribution in [0.25, 0.3) is 0 Å². The van der Waals surface area contributed by atoms with Crippen LogP contribution in [0.3, 0.4) is 0 Å². The summed E-state index contributed by atoms with van der Waals surface area (Å²) in [6, 6.07) is 16.3. The van der Waals surface area contributed by atoms with Crippen molar-refractivity contribution in [3.8, 4) is 0 Å². The van der Waals surface area contributed by atoms with Gasteiger partial charge >= 0.3 is 0 Å². The highest BCUT2D eigenvalue weighted by Crippen LogP contribution is 2.24. The maximum atomic E-state index is 12.4. The van der Waals surface area contributed by atoms with Gasteiger partial charge in [0.15, 0.2) is 0 Å². The summed E-state index contributed by atoms with van der Waals surface area (Å²) in [7, 11) is 0. The summed E-state index contributed by atoms with van der Waals surface area (Å²) in [6.45, 7) is 4.39. The minimum Gasteiger partial charge on any atom is -0.340 e. The van der Waals surface area contributed by atoms with Crippen molar-refractivity contribution in [1.29, 1.82) is 0 Å². The zero-order chi connectivity index (χ0) is 16.9. The summed E-state index contributed by atoms with van der Waals surface area (Å²) in [5.74, 6) is 0.229. The minimum atomic E-state index is 0.229. The van der Waals surface area contributed by atoms with Crippen molar-refractivity contribution in [3.63, 3.8) is 0 Å². The molecule has 0 bridgehead atoms. The fourth-order valence-corrected chi connectivity index (χ4v) is 3.61. The van der Waals surface area contributed by atoms with Crippen molar-refractivity contribution >= 4 is 37.8 Å². The zero-order valence-corrected chi connectivity index (χ0v) is 16.6. The second-order valence-corrected chi connectivity index (χ2v) is 7.78. The molecule has 2 aromatic rings. The highest BCUT2D eigenvalue weighted by molar-refractivity contribution is 9.13. The van der Waals surface area contributed by atoms with Gasteiger partial charge in [-0.15, -0.1) is 0 Å². The number of hydrogen-bond donors (Lipinski definition) is 0. The fraction of sp³-hybridized carbons (Fsp3) is 0.316. The molecular formula is C19H20Br2N2O. The molecule has 0 unspecified atom stereocenters. The average Bonchev–Trinajstić information content (AvgIpc) is 2.60. The molecule has 1 aliphatic rings. The van der Waals surface area contributed by atoms with Crippen LogP contribution in [0.5, 0.6) is 0 Å². The van der Waals surface area contributed by atoms with Crippen molar-refractivity contribution in [2.24, 2.45) is 0 Å². The summed E-state index contributed by atoms with van der Waals surface area (Å²) < 4.78 is 2.15. The topological polar surface area (TPSA) is 23.6 Å². The summed E-state index contributed by atoms with van der Waals surface area (Å²) >= 11 is 7.05. The Kier molecular flexibility index (Phi) is 6.09. The van der Waals surface area contributed by atoms with Gasteiger partial charge in [-0.2, -0.15) is 0 Å². The van der Waals surface area contributed by atoms with E-state index >= 15 is 0 Å². The Labute approximate surface area is 159 Å². The number of benzene rings is 2. The third-order valence-electron chi connectivity index (χ3n) is 4.31. The van der Waals surface area contributed by atoms with Crippen LogP contribution >= 0.6 is 31.9 Å². The first-order valence-electron chi connectivity index (χ1n) is 8.10. The van der Waals surface area contributed by atoms with Gasteiger partial charge in [-0.3, -0.25) is 9.69 Å². The highest BCUT2D eigenvalue weighted by atomic mass is 79.9. The van der Waals surface area contributed by atoms with Crippen molar-refractivity contribution < 1.29 is 4.79 Å². The van der Waals surface area contributed by atoms with Gasteiger partial charge in [0.05, 0.1) is 6.42 Å². The maximum absolute atomic E-state index is 12.4. The molecule has 126 valence electrons. The second-order valence-electron chi connectivity index (χ2n) is 6.07. The van der Waals surface area contributed by atoms with Crippen molar-refractivity contribution in [1.82, 2.24) is 9.80 Å². The predicted octanol–water partition coefficient (Wildman–Crippen LogP) is 4.10. The molecule has 1 heterocycles. The van der Waals surface area contributed by atoms with Gasteiger partial charge in [-0.25, -0.2) is 0 Å². The van der Waals surface area contributed by atoms with Crippen LogP contribution in [0.4, 0.5) is 0 Å². The number of piperazine rings is 1. The van der Waals surface area contributed by atoms with Crippen molar-refractivity contribution in [3.05, 3.63) is 68.6 Å². The predicted molar refractivity (Wildman–Crippen MR) is 104 cm³/mol. The molecule has 0 aliphatic carbocycles. The minimum absolute atomic E-state index is 0.229. The van der Waals surface area contributed by atoms with Gasteiger partial charge in [-0.1, -0.05) is 36.4 Å². The molecule has 1 fully saturated rings. The molecule has 1 amide bonds. The van der Waals surface area contributed by atoms with Crippen LogP contribution in [0.2, 0.25) is 0 Å². The van der Waals surface area contributed by atoms with Crippen molar-refractivity contribution in [2.45, 2.75) is 13.0 Å². The molecule has 24 heavy (non-hydrogen) atoms. The lowest BCUT2D eigenvalue weighted by molar-refractivity contribution is -0.132. The van der Waals surface area contributed by atoms with Crippen molar-refractivity contribution in [2.75, 3.05) is 26.2 Å². The molecule has 0 aromatic heterocycles. The fourth-order valence-electron chi connectivity index (χ4n) is 2.93. The Morgan fingerprint density at radius 3 is 2.25 bits per heavy atom. The molecule has 1 aliphatic heterocycles. The standard InChI is InChI=1S/C19H20Br2N2O/c20-17-7-6-16(12-18(17)21)14-22-8-10-23(11-9-22)19(24)13-15-4-2-1-3-5-15/h1-7,12H,8-11,13-14H2. The van der Waals surface area contributed by atoms with E-state index in [1.54, 1.807) is 0 Å². The zero-order valence-electron chi connectivity index (χ0n) is 13.4. The van der Waals surface area contributed by atoms with Gasteiger partial charge in [-0.05, 0) is 55.1 Å². The molecule has 0 atom stereocenters. The third-order valence-corrected chi connectivity index (χ3v) is 6.19. The molecule has 0 radical (unpaired) electrons. The summed E-state index contributed by atoms with van der Waals surface area (Å²) in [4.78, 5) is 16.8. The SMILES string of the molecule is O=C(Cc1ccccc1)N1CCN(Cc2ccc(Br)c(Br)c2)CC1. The van der Waals surface area contributed by atoms with Gasteiger partial charge in [0.1, 0.15) is 0 Å². The number of rotatable bonds is 4. The number of hydrogen-bond acceptors (Lipinski definition) is 2. The number of nitrogens with zero attached hydrogens (tertiary/aromatic N) is 2. The van der Waals surface area contributed by atoms with Crippen LogP contribution in [0, 0.1) is 0 Å². The number of amides is 1. The van der Waals surface area contributed by atoms with E-state index in [9.17, 15) is 4.79 Å². The molecule has 3 nitrogen and oxygen atoms in total. The Hall–Kier alpha value is -1.17. The number of halogens is 2. The van der Waals surface area contributed by atoms with Gasteiger partial charge in [0.25, 0.3) is 0 Å². The van der Waals surface area contributed by atoms with Gasteiger partial charge in [0, 0.05) is 41.7 Å². The second kappa shape index (κ2) is 8.28. The molecule has 1 saturated heterocycles. The molecule has 5 heteroatoms. The Bertz CT molecular complexity index is 698. The molecule has 2 aromatic carbocycles. The van der Waals surface area contributed by atoms with Gasteiger partial charge < -0.3 is 4.90 Å².